The van der Waals surface area contributed by atoms with Gasteiger partial charge in [0, 0.05) is 0 Å². The highest BCUT2D eigenvalue weighted by atomic mass is 32.1. The van der Waals surface area contributed by atoms with Crippen LogP contribution in [0.15, 0.2) is 12.4 Å². The molecule has 156 valence electrons. The summed E-state index contributed by atoms with van der Waals surface area (Å²) in [4.78, 5) is 47.3. The second-order valence-corrected chi connectivity index (χ2v) is 7.13. The fourth-order valence-electron chi connectivity index (χ4n) is 2.63. The maximum absolute atomic E-state index is 12.8. The smallest absolute Gasteiger partial charge is 0.341 e. The molecule has 0 spiro atoms. The molecule has 0 saturated heterocycles. The van der Waals surface area contributed by atoms with E-state index in [9.17, 15) is 24.5 Å². The summed E-state index contributed by atoms with van der Waals surface area (Å²) in [5.41, 5.74) is 5.50. The van der Waals surface area contributed by atoms with Crippen LogP contribution in [0.25, 0.3) is 0 Å². The van der Waals surface area contributed by atoms with E-state index in [1.54, 1.807) is 13.8 Å². The van der Waals surface area contributed by atoms with E-state index in [4.69, 9.17) is 10.5 Å². The van der Waals surface area contributed by atoms with E-state index >= 15 is 0 Å². The van der Waals surface area contributed by atoms with Gasteiger partial charge < -0.3 is 15.8 Å². The Bertz CT molecular complexity index is 950. The zero-order valence-electron chi connectivity index (χ0n) is 16.1. The second-order valence-electron chi connectivity index (χ2n) is 6.11. The fraction of sp³-hybridized carbons (Fsp3) is 0.412. The number of rotatable bonds is 9. The van der Waals surface area contributed by atoms with Crippen molar-refractivity contribution >= 4 is 39.8 Å². The van der Waals surface area contributed by atoms with Crippen molar-refractivity contribution in [3.05, 3.63) is 38.5 Å². The number of hydrogen-bond acceptors (Lipinski definition) is 8. The molecule has 2 aromatic rings. The largest absolute Gasteiger partial charge is 0.462 e. The summed E-state index contributed by atoms with van der Waals surface area (Å²) in [7, 11) is 0. The van der Waals surface area contributed by atoms with Gasteiger partial charge in [0.1, 0.15) is 23.4 Å². The number of esters is 1. The Morgan fingerprint density at radius 1 is 1.41 bits per heavy atom. The number of hydrogen-bond donors (Lipinski definition) is 2. The maximum Gasteiger partial charge on any atom is 0.341 e. The van der Waals surface area contributed by atoms with Crippen LogP contribution in [0.5, 0.6) is 0 Å². The van der Waals surface area contributed by atoms with Crippen LogP contribution in [0.4, 0.5) is 10.7 Å². The fourth-order valence-corrected chi connectivity index (χ4v) is 3.68. The number of amides is 2. The van der Waals surface area contributed by atoms with E-state index in [2.05, 4.69) is 10.4 Å². The van der Waals surface area contributed by atoms with Gasteiger partial charge in [-0.3, -0.25) is 24.4 Å². The molecule has 1 unspecified atom stereocenters. The quantitative estimate of drug-likeness (QED) is 0.356. The number of nitro groups is 1. The van der Waals surface area contributed by atoms with Crippen LogP contribution in [0.2, 0.25) is 0 Å². The molecule has 3 N–H and O–H groups in total. The predicted molar refractivity (Wildman–Crippen MR) is 105 cm³/mol. The number of anilines is 1. The van der Waals surface area contributed by atoms with Gasteiger partial charge in [-0.1, -0.05) is 13.8 Å². The minimum absolute atomic E-state index is 0.0619. The van der Waals surface area contributed by atoms with Crippen LogP contribution >= 0.6 is 11.3 Å². The molecule has 0 bridgehead atoms. The number of thiophene rings is 1. The van der Waals surface area contributed by atoms with Crippen molar-refractivity contribution in [1.29, 1.82) is 0 Å². The van der Waals surface area contributed by atoms with Gasteiger partial charge in [-0.05, 0) is 25.3 Å². The number of aromatic nitrogens is 2. The standard InChI is InChI=1S/C17H21N5O6S/c1-4-6-28-17(25)12-9(3)13(14(18)23)29-16(12)20-15(24)11(5-2)21-8-10(7-19-21)22(26)27/h7-8,11H,4-6H2,1-3H3,(H2,18,23)(H,20,24). The molecule has 2 rings (SSSR count). The van der Waals surface area contributed by atoms with Gasteiger partial charge in [-0.25, -0.2) is 4.79 Å². The molecule has 2 heterocycles. The normalized spacial score (nSPS) is 11.7. The van der Waals surface area contributed by atoms with Crippen molar-refractivity contribution in [2.45, 2.75) is 39.7 Å². The summed E-state index contributed by atoms with van der Waals surface area (Å²) < 4.78 is 6.32. The summed E-state index contributed by atoms with van der Waals surface area (Å²) in [6, 6.07) is -0.859. The van der Waals surface area contributed by atoms with Gasteiger partial charge in [0.25, 0.3) is 5.91 Å². The third-order valence-electron chi connectivity index (χ3n) is 4.06. The Balaban J connectivity index is 2.36. The summed E-state index contributed by atoms with van der Waals surface area (Å²) in [5.74, 6) is -1.95. The van der Waals surface area contributed by atoms with Gasteiger partial charge in [0.2, 0.25) is 5.91 Å². The van der Waals surface area contributed by atoms with E-state index < -0.39 is 28.7 Å². The van der Waals surface area contributed by atoms with Crippen molar-refractivity contribution in [3.63, 3.8) is 0 Å². The molecule has 0 aliphatic heterocycles. The Labute approximate surface area is 170 Å². The lowest BCUT2D eigenvalue weighted by atomic mass is 10.1. The molecule has 11 nitrogen and oxygen atoms in total. The van der Waals surface area contributed by atoms with E-state index in [0.717, 1.165) is 23.7 Å². The van der Waals surface area contributed by atoms with Gasteiger partial charge in [-0.15, -0.1) is 11.3 Å². The molecule has 12 heteroatoms. The third kappa shape index (κ3) is 4.77. The van der Waals surface area contributed by atoms with Crippen molar-refractivity contribution in [3.8, 4) is 0 Å². The molecule has 29 heavy (non-hydrogen) atoms. The molecule has 1 atom stereocenters. The van der Waals surface area contributed by atoms with Gasteiger partial charge in [-0.2, -0.15) is 5.10 Å². The Hall–Kier alpha value is -3.28. The number of primary amides is 1. The van der Waals surface area contributed by atoms with Gasteiger partial charge in [0.15, 0.2) is 0 Å². The van der Waals surface area contributed by atoms with E-state index in [1.165, 1.54) is 4.68 Å². The molecule has 0 radical (unpaired) electrons. The Morgan fingerprint density at radius 2 is 2.10 bits per heavy atom. The lowest BCUT2D eigenvalue weighted by molar-refractivity contribution is -0.385. The minimum Gasteiger partial charge on any atom is -0.462 e. The summed E-state index contributed by atoms with van der Waals surface area (Å²) in [6.45, 7) is 5.27. The van der Waals surface area contributed by atoms with Crippen LogP contribution in [0.1, 0.15) is 58.3 Å². The lowest BCUT2D eigenvalue weighted by Crippen LogP contribution is -2.26. The third-order valence-corrected chi connectivity index (χ3v) is 5.28. The average molecular weight is 423 g/mol. The molecular weight excluding hydrogens is 402 g/mol. The highest BCUT2D eigenvalue weighted by molar-refractivity contribution is 7.18. The first-order valence-electron chi connectivity index (χ1n) is 8.80. The SMILES string of the molecule is CCCOC(=O)c1c(NC(=O)C(CC)n2cc([N+](=O)[O-])cn2)sc(C(N)=O)c1C. The first-order chi connectivity index (χ1) is 13.7. The highest BCUT2D eigenvalue weighted by Gasteiger charge is 2.28. The van der Waals surface area contributed by atoms with Crippen LogP contribution in [0, 0.1) is 17.0 Å². The number of nitrogens with two attached hydrogens (primary N) is 1. The molecule has 0 aliphatic rings. The first kappa shape index (κ1) is 22.0. The van der Waals surface area contributed by atoms with Crippen molar-refractivity contribution in [2.24, 2.45) is 5.73 Å². The van der Waals surface area contributed by atoms with Gasteiger partial charge in [0.05, 0.1) is 22.0 Å². The highest BCUT2D eigenvalue weighted by Crippen LogP contribution is 2.34. The molecular formula is C17H21N5O6S. The van der Waals surface area contributed by atoms with Crippen molar-refractivity contribution in [1.82, 2.24) is 9.78 Å². The second kappa shape index (κ2) is 9.28. The van der Waals surface area contributed by atoms with Crippen LogP contribution in [-0.4, -0.2) is 39.1 Å². The van der Waals surface area contributed by atoms with Gasteiger partial charge >= 0.3 is 11.7 Å². The molecule has 0 saturated carbocycles. The summed E-state index contributed by atoms with van der Waals surface area (Å²) >= 11 is 0.872. The molecule has 2 amide bonds. The number of nitrogens with one attached hydrogen (secondary N) is 1. The molecule has 0 aromatic carbocycles. The van der Waals surface area contributed by atoms with Crippen LogP contribution < -0.4 is 11.1 Å². The Kier molecular flexibility index (Phi) is 7.04. The van der Waals surface area contributed by atoms with E-state index in [0.29, 0.717) is 12.0 Å². The zero-order chi connectivity index (χ0) is 21.7. The zero-order valence-corrected chi connectivity index (χ0v) is 16.9. The average Bonchev–Trinajstić information content (AvgIpc) is 3.26. The lowest BCUT2D eigenvalue weighted by Gasteiger charge is -2.15. The number of carbonyl (C=O) groups is 3. The van der Waals surface area contributed by atoms with Crippen molar-refractivity contribution in [2.75, 3.05) is 11.9 Å². The first-order valence-corrected chi connectivity index (χ1v) is 9.62. The van der Waals surface area contributed by atoms with Crippen molar-refractivity contribution < 1.29 is 24.0 Å². The van der Waals surface area contributed by atoms with E-state index in [1.807, 2.05) is 6.92 Å². The Morgan fingerprint density at radius 3 is 2.62 bits per heavy atom. The topological polar surface area (TPSA) is 159 Å². The summed E-state index contributed by atoms with van der Waals surface area (Å²) in [5, 5.41) is 17.5. The van der Waals surface area contributed by atoms with E-state index in [-0.39, 0.29) is 34.2 Å². The molecule has 0 fully saturated rings. The summed E-state index contributed by atoms with van der Waals surface area (Å²) in [6.07, 6.45) is 3.09. The van der Waals surface area contributed by atoms with Crippen LogP contribution in [-0.2, 0) is 9.53 Å². The monoisotopic (exact) mass is 423 g/mol. The number of ether oxygens (including phenoxy) is 1. The minimum atomic E-state index is -0.859. The number of carbonyl (C=O) groups excluding carboxylic acids is 3. The maximum atomic E-state index is 12.8. The predicted octanol–water partition coefficient (Wildman–Crippen LogP) is 2.42. The molecule has 0 aliphatic carbocycles. The van der Waals surface area contributed by atoms with Crippen LogP contribution in [0.3, 0.4) is 0 Å². The molecule has 2 aromatic heterocycles. The number of nitrogens with zero attached hydrogens (tertiary/aromatic N) is 3.